The molecule has 0 amide bonds. The lowest BCUT2D eigenvalue weighted by Crippen LogP contribution is -2.61. The molecule has 3 aliphatic rings. The molecule has 2 fully saturated rings. The Bertz CT molecular complexity index is 609. The van der Waals surface area contributed by atoms with Gasteiger partial charge >= 0.3 is 5.97 Å². The van der Waals surface area contributed by atoms with Crippen molar-refractivity contribution in [3.63, 3.8) is 0 Å². The molecule has 11 heteroatoms. The van der Waals surface area contributed by atoms with Crippen LogP contribution in [0.5, 0.6) is 0 Å². The average Bonchev–Trinajstić information content (AvgIpc) is 2.73. The predicted molar refractivity (Wildman–Crippen MR) is 92.8 cm³/mol. The van der Waals surface area contributed by atoms with Crippen LogP contribution in [0.25, 0.3) is 0 Å². The molecule has 4 N–H and O–H groups in total. The summed E-state index contributed by atoms with van der Waals surface area (Å²) >= 11 is 0. The van der Waals surface area contributed by atoms with Gasteiger partial charge in [-0.3, -0.25) is 0 Å². The number of aliphatic hydroxyl groups is 4. The van der Waals surface area contributed by atoms with Crippen LogP contribution >= 0.6 is 0 Å². The minimum Gasteiger partial charge on any atom is -0.471 e. The highest BCUT2D eigenvalue weighted by Crippen LogP contribution is 2.43. The summed E-state index contributed by atoms with van der Waals surface area (Å²) in [5.74, 6) is -1.40. The van der Waals surface area contributed by atoms with Crippen molar-refractivity contribution in [1.82, 2.24) is 0 Å². The minimum absolute atomic E-state index is 0.309. The minimum atomic E-state index is -1.58. The summed E-state index contributed by atoms with van der Waals surface area (Å²) in [6.45, 7) is 1.19. The molecule has 29 heavy (non-hydrogen) atoms. The summed E-state index contributed by atoms with van der Waals surface area (Å²) in [4.78, 5) is 12.2. The zero-order valence-corrected chi connectivity index (χ0v) is 16.4. The standard InChI is InChI=1S/C18H28O11/c1-7-12-8(4-11(24-2)27-7)9(16(23)25-3)6-26-17(12)29-18-15(22)14(21)13(20)10(5-19)28-18/h6-8,10-15,17-22H,4-5H2,1-3H3/t7-,8-,10-,11?,12-,13-,14+,15-,17+,18+/m1/s1. The second-order valence-corrected chi connectivity index (χ2v) is 7.33. The number of aliphatic hydroxyl groups excluding tert-OH is 4. The fraction of sp³-hybridized carbons (Fsp3) is 0.833. The van der Waals surface area contributed by atoms with E-state index in [4.69, 9.17) is 28.4 Å². The molecule has 3 rings (SSSR count). The van der Waals surface area contributed by atoms with E-state index in [0.29, 0.717) is 12.0 Å². The quantitative estimate of drug-likeness (QED) is 0.374. The third-order valence-corrected chi connectivity index (χ3v) is 5.66. The summed E-state index contributed by atoms with van der Waals surface area (Å²) in [6.07, 6.45) is -7.54. The molecule has 3 aliphatic heterocycles. The van der Waals surface area contributed by atoms with Gasteiger partial charge in [0.05, 0.1) is 37.6 Å². The monoisotopic (exact) mass is 420 g/mol. The van der Waals surface area contributed by atoms with Crippen molar-refractivity contribution >= 4 is 5.97 Å². The van der Waals surface area contributed by atoms with Crippen LogP contribution < -0.4 is 0 Å². The number of carbonyl (C=O) groups excluding carboxylic acids is 1. The predicted octanol–water partition coefficient (Wildman–Crippen LogP) is -1.77. The van der Waals surface area contributed by atoms with Gasteiger partial charge in [-0.1, -0.05) is 0 Å². The van der Waals surface area contributed by atoms with E-state index in [0.717, 1.165) is 0 Å². The smallest absolute Gasteiger partial charge is 0.337 e. The molecule has 10 atom stereocenters. The molecule has 11 nitrogen and oxygen atoms in total. The van der Waals surface area contributed by atoms with Gasteiger partial charge in [-0.25, -0.2) is 4.79 Å². The number of hydrogen-bond acceptors (Lipinski definition) is 11. The Labute approximate surface area is 167 Å². The first-order valence-electron chi connectivity index (χ1n) is 9.40. The second kappa shape index (κ2) is 9.23. The Kier molecular flexibility index (Phi) is 7.12. The van der Waals surface area contributed by atoms with Crippen molar-refractivity contribution in [3.8, 4) is 0 Å². The number of methoxy groups -OCH3 is 2. The molecule has 3 heterocycles. The van der Waals surface area contributed by atoms with Crippen molar-refractivity contribution in [1.29, 1.82) is 0 Å². The maximum atomic E-state index is 12.2. The van der Waals surface area contributed by atoms with Crippen molar-refractivity contribution in [2.45, 2.75) is 62.7 Å². The van der Waals surface area contributed by atoms with Crippen molar-refractivity contribution in [2.75, 3.05) is 20.8 Å². The van der Waals surface area contributed by atoms with Crippen LogP contribution in [-0.4, -0.2) is 96.6 Å². The molecule has 1 unspecified atom stereocenters. The molecule has 0 aliphatic carbocycles. The van der Waals surface area contributed by atoms with E-state index in [1.165, 1.54) is 20.5 Å². The molecule has 0 saturated carbocycles. The SMILES string of the molecule is COC(=O)C1=CO[C@@H](O[C@@H]2O[C@H](CO)[C@@H](O)[C@H](O)[C@H]2O)[C@H]2[C@@H]1CC(OC)O[C@@H]2C. The van der Waals surface area contributed by atoms with Crippen LogP contribution in [0.2, 0.25) is 0 Å². The average molecular weight is 420 g/mol. The largest absolute Gasteiger partial charge is 0.471 e. The topological polar surface area (TPSA) is 153 Å². The molecule has 2 saturated heterocycles. The lowest BCUT2D eigenvalue weighted by Gasteiger charge is -2.47. The zero-order chi connectivity index (χ0) is 21.3. The first kappa shape index (κ1) is 22.4. The van der Waals surface area contributed by atoms with Crippen LogP contribution in [0.15, 0.2) is 11.8 Å². The molecule has 0 aromatic carbocycles. The zero-order valence-electron chi connectivity index (χ0n) is 16.4. The third kappa shape index (κ3) is 4.28. The van der Waals surface area contributed by atoms with Gasteiger partial charge in [0.2, 0.25) is 6.29 Å². The van der Waals surface area contributed by atoms with Crippen molar-refractivity contribution < 1.29 is 53.6 Å². The number of ether oxygens (including phenoxy) is 6. The first-order valence-corrected chi connectivity index (χ1v) is 9.40. The number of rotatable bonds is 5. The van der Waals surface area contributed by atoms with E-state index in [1.807, 2.05) is 0 Å². The van der Waals surface area contributed by atoms with Crippen molar-refractivity contribution in [3.05, 3.63) is 11.8 Å². The number of carbonyl (C=O) groups is 1. The van der Waals surface area contributed by atoms with Gasteiger partial charge < -0.3 is 48.8 Å². The highest BCUT2D eigenvalue weighted by molar-refractivity contribution is 5.88. The fourth-order valence-electron chi connectivity index (χ4n) is 4.04. The van der Waals surface area contributed by atoms with E-state index in [9.17, 15) is 25.2 Å². The Morgan fingerprint density at radius 2 is 1.86 bits per heavy atom. The van der Waals surface area contributed by atoms with Gasteiger partial charge in [0, 0.05) is 19.4 Å². The fourth-order valence-corrected chi connectivity index (χ4v) is 4.04. The van der Waals surface area contributed by atoms with Gasteiger partial charge in [-0.15, -0.1) is 0 Å². The first-order chi connectivity index (χ1) is 13.8. The van der Waals surface area contributed by atoms with Gasteiger partial charge in [0.15, 0.2) is 12.6 Å². The Hall–Kier alpha value is -1.31. The third-order valence-electron chi connectivity index (χ3n) is 5.66. The number of fused-ring (bicyclic) bond motifs is 1. The molecule has 0 bridgehead atoms. The number of esters is 1. The molecule has 166 valence electrons. The summed E-state index contributed by atoms with van der Waals surface area (Å²) in [5.41, 5.74) is 0.309. The van der Waals surface area contributed by atoms with Crippen LogP contribution in [0.4, 0.5) is 0 Å². The highest BCUT2D eigenvalue weighted by Gasteiger charge is 2.51. The van der Waals surface area contributed by atoms with Gasteiger partial charge in [0.25, 0.3) is 0 Å². The molecule has 0 aromatic rings. The van der Waals surface area contributed by atoms with E-state index in [2.05, 4.69) is 0 Å². The Morgan fingerprint density at radius 1 is 1.14 bits per heavy atom. The summed E-state index contributed by atoms with van der Waals surface area (Å²) in [6, 6.07) is 0. The molecule has 0 aromatic heterocycles. The lowest BCUT2D eigenvalue weighted by molar-refractivity contribution is -0.352. The molecule has 0 spiro atoms. The van der Waals surface area contributed by atoms with Crippen molar-refractivity contribution in [2.24, 2.45) is 11.8 Å². The second-order valence-electron chi connectivity index (χ2n) is 7.33. The molecule has 0 radical (unpaired) electrons. The Balaban J connectivity index is 1.82. The maximum absolute atomic E-state index is 12.2. The Morgan fingerprint density at radius 3 is 2.48 bits per heavy atom. The van der Waals surface area contributed by atoms with E-state index in [-0.39, 0.29) is 5.92 Å². The molecular formula is C18H28O11. The van der Waals surface area contributed by atoms with Crippen LogP contribution in [0, 0.1) is 11.8 Å². The van der Waals surface area contributed by atoms with Crippen LogP contribution in [-0.2, 0) is 33.2 Å². The normalized spacial score (nSPS) is 45.0. The highest BCUT2D eigenvalue weighted by atomic mass is 16.8. The van der Waals surface area contributed by atoms with E-state index < -0.39 is 67.9 Å². The maximum Gasteiger partial charge on any atom is 0.337 e. The summed E-state index contributed by atoms with van der Waals surface area (Å²) in [5, 5.41) is 39.5. The van der Waals surface area contributed by atoms with E-state index in [1.54, 1.807) is 6.92 Å². The summed E-state index contributed by atoms with van der Waals surface area (Å²) in [7, 11) is 2.77. The molecular weight excluding hydrogens is 392 g/mol. The summed E-state index contributed by atoms with van der Waals surface area (Å²) < 4.78 is 32.7. The van der Waals surface area contributed by atoms with Gasteiger partial charge in [0.1, 0.15) is 24.4 Å². The van der Waals surface area contributed by atoms with Gasteiger partial charge in [-0.2, -0.15) is 0 Å². The van der Waals surface area contributed by atoms with Gasteiger partial charge in [-0.05, 0) is 6.92 Å². The lowest BCUT2D eigenvalue weighted by atomic mass is 9.77. The van der Waals surface area contributed by atoms with E-state index >= 15 is 0 Å². The number of hydrogen-bond donors (Lipinski definition) is 4. The van der Waals surface area contributed by atoms with Crippen LogP contribution in [0.3, 0.4) is 0 Å². The van der Waals surface area contributed by atoms with Crippen LogP contribution in [0.1, 0.15) is 13.3 Å².